The summed E-state index contributed by atoms with van der Waals surface area (Å²) >= 11 is 1.62. The Morgan fingerprint density at radius 2 is 2.12 bits per heavy atom. The van der Waals surface area contributed by atoms with Gasteiger partial charge in [-0.3, -0.25) is 14.5 Å². The molecule has 0 spiro atoms. The number of carbonyl (C=O) groups excluding carboxylic acids is 2. The van der Waals surface area contributed by atoms with E-state index in [1.54, 1.807) is 11.3 Å². The van der Waals surface area contributed by atoms with E-state index in [1.165, 1.54) is 7.05 Å². The van der Waals surface area contributed by atoms with Gasteiger partial charge < -0.3 is 5.32 Å². The van der Waals surface area contributed by atoms with Gasteiger partial charge in [0.05, 0.1) is 0 Å². The van der Waals surface area contributed by atoms with Crippen molar-refractivity contribution in [2.24, 2.45) is 5.41 Å². The highest BCUT2D eigenvalue weighted by Crippen LogP contribution is 2.45. The number of hydrogen-bond donors (Lipinski definition) is 1. The van der Waals surface area contributed by atoms with Gasteiger partial charge in [0.25, 0.3) is 5.91 Å². The highest BCUT2D eigenvalue weighted by atomic mass is 32.1. The van der Waals surface area contributed by atoms with Crippen LogP contribution in [-0.4, -0.2) is 29.8 Å². The van der Waals surface area contributed by atoms with Gasteiger partial charge in [-0.2, -0.15) is 5.26 Å². The summed E-state index contributed by atoms with van der Waals surface area (Å²) in [6, 6.07) is 7.26. The van der Waals surface area contributed by atoms with Gasteiger partial charge in [0.2, 0.25) is 5.91 Å². The van der Waals surface area contributed by atoms with Crippen LogP contribution in [-0.2, 0) is 16.0 Å². The molecule has 6 heteroatoms. The number of rotatable bonds is 5. The lowest BCUT2D eigenvalue weighted by molar-refractivity contribution is -0.134. The lowest BCUT2D eigenvalue weighted by Gasteiger charge is -2.21. The summed E-state index contributed by atoms with van der Waals surface area (Å²) in [5.74, 6) is -0.489. The van der Waals surface area contributed by atoms with E-state index in [1.807, 2.05) is 42.8 Å². The molecular formula is C18H19N3O2S. The summed E-state index contributed by atoms with van der Waals surface area (Å²) in [5, 5.41) is 15.0. The number of nitriles is 1. The van der Waals surface area contributed by atoms with Crippen molar-refractivity contribution in [3.63, 3.8) is 0 Å². The Bertz CT molecular complexity index is 832. The van der Waals surface area contributed by atoms with E-state index in [2.05, 4.69) is 5.32 Å². The standard InChI is InChI=1S/C18H19N3O2S/c1-18(7-8-18)17(23)20-14(16(22)21(2)11-19)9-12-10-24-15-6-4-3-5-13(12)15/h3-6,10,14H,7-9H2,1-2H3,(H,20,23). The molecule has 1 fully saturated rings. The zero-order valence-electron chi connectivity index (χ0n) is 13.7. The van der Waals surface area contributed by atoms with Crippen molar-refractivity contribution in [2.45, 2.75) is 32.2 Å². The van der Waals surface area contributed by atoms with E-state index in [4.69, 9.17) is 5.26 Å². The Hall–Kier alpha value is -2.39. The molecule has 2 amide bonds. The molecule has 124 valence electrons. The summed E-state index contributed by atoms with van der Waals surface area (Å²) in [4.78, 5) is 25.9. The fourth-order valence-corrected chi connectivity index (χ4v) is 3.62. The van der Waals surface area contributed by atoms with E-state index in [0.717, 1.165) is 33.4 Å². The Balaban J connectivity index is 1.85. The SMILES string of the molecule is CN(C#N)C(=O)C(Cc1csc2ccccc12)NC(=O)C1(C)CC1. The number of nitrogens with zero attached hydrogens (tertiary/aromatic N) is 2. The number of benzene rings is 1. The number of amides is 2. The predicted octanol–water partition coefficient (Wildman–Crippen LogP) is 2.67. The van der Waals surface area contributed by atoms with E-state index in [-0.39, 0.29) is 17.2 Å². The van der Waals surface area contributed by atoms with Crippen molar-refractivity contribution in [3.8, 4) is 6.19 Å². The van der Waals surface area contributed by atoms with Crippen molar-refractivity contribution in [1.82, 2.24) is 10.2 Å². The van der Waals surface area contributed by atoms with E-state index in [0.29, 0.717) is 6.42 Å². The number of thiophene rings is 1. The molecule has 0 saturated heterocycles. The number of likely N-dealkylation sites (N-methyl/N-ethyl adjacent to an activating group) is 1. The summed E-state index contributed by atoms with van der Waals surface area (Å²) in [7, 11) is 1.42. The van der Waals surface area contributed by atoms with E-state index < -0.39 is 6.04 Å². The molecule has 0 aliphatic heterocycles. The number of nitrogens with one attached hydrogen (secondary N) is 1. The molecule has 1 aliphatic rings. The third kappa shape index (κ3) is 3.13. The quantitative estimate of drug-likeness (QED) is 0.671. The van der Waals surface area contributed by atoms with Crippen molar-refractivity contribution in [2.75, 3.05) is 7.05 Å². The van der Waals surface area contributed by atoms with Crippen LogP contribution in [0, 0.1) is 16.9 Å². The molecular weight excluding hydrogens is 322 g/mol. The first-order chi connectivity index (χ1) is 11.4. The smallest absolute Gasteiger partial charge is 0.258 e. The third-order valence-corrected chi connectivity index (χ3v) is 5.63. The van der Waals surface area contributed by atoms with Crippen molar-refractivity contribution in [1.29, 1.82) is 5.26 Å². The van der Waals surface area contributed by atoms with Gasteiger partial charge in [0, 0.05) is 23.6 Å². The third-order valence-electron chi connectivity index (χ3n) is 4.62. The number of fused-ring (bicyclic) bond motifs is 1. The van der Waals surface area contributed by atoms with E-state index in [9.17, 15) is 9.59 Å². The van der Waals surface area contributed by atoms with Gasteiger partial charge in [-0.25, -0.2) is 0 Å². The summed E-state index contributed by atoms with van der Waals surface area (Å²) in [6.07, 6.45) is 3.90. The lowest BCUT2D eigenvalue weighted by atomic mass is 10.0. The topological polar surface area (TPSA) is 73.2 Å². The highest BCUT2D eigenvalue weighted by Gasteiger charge is 2.46. The van der Waals surface area contributed by atoms with Crippen LogP contribution in [0.15, 0.2) is 29.6 Å². The largest absolute Gasteiger partial charge is 0.343 e. The minimum atomic E-state index is -0.724. The second-order valence-electron chi connectivity index (χ2n) is 6.55. The summed E-state index contributed by atoms with van der Waals surface area (Å²) in [5.41, 5.74) is 0.655. The Morgan fingerprint density at radius 1 is 1.42 bits per heavy atom. The molecule has 1 N–H and O–H groups in total. The van der Waals surface area contributed by atoms with Gasteiger partial charge in [0.15, 0.2) is 6.19 Å². The van der Waals surface area contributed by atoms with Crippen molar-refractivity contribution < 1.29 is 9.59 Å². The molecule has 24 heavy (non-hydrogen) atoms. The Labute approximate surface area is 144 Å². The van der Waals surface area contributed by atoms with Gasteiger partial charge in [0.1, 0.15) is 6.04 Å². The minimum Gasteiger partial charge on any atom is -0.343 e. The molecule has 2 aromatic rings. The van der Waals surface area contributed by atoms with Gasteiger partial charge in [-0.15, -0.1) is 11.3 Å². The van der Waals surface area contributed by atoms with Crippen LogP contribution in [0.5, 0.6) is 0 Å². The number of carbonyl (C=O) groups is 2. The first-order valence-electron chi connectivity index (χ1n) is 7.88. The Kier molecular flexibility index (Phi) is 4.29. The van der Waals surface area contributed by atoms with Crippen LogP contribution in [0.1, 0.15) is 25.3 Å². The molecule has 1 heterocycles. The molecule has 1 aliphatic carbocycles. The zero-order valence-corrected chi connectivity index (χ0v) is 14.5. The first-order valence-corrected chi connectivity index (χ1v) is 8.76. The van der Waals surface area contributed by atoms with Crippen LogP contribution in [0.2, 0.25) is 0 Å². The summed E-state index contributed by atoms with van der Waals surface area (Å²) in [6.45, 7) is 1.90. The Morgan fingerprint density at radius 3 is 2.79 bits per heavy atom. The summed E-state index contributed by atoms with van der Waals surface area (Å²) < 4.78 is 1.15. The van der Waals surface area contributed by atoms with E-state index >= 15 is 0 Å². The molecule has 1 atom stereocenters. The minimum absolute atomic E-state index is 0.105. The monoisotopic (exact) mass is 341 g/mol. The first kappa shape index (κ1) is 16.5. The fraction of sp³-hybridized carbons (Fsp3) is 0.389. The fourth-order valence-electron chi connectivity index (χ4n) is 2.64. The molecule has 0 bridgehead atoms. The highest BCUT2D eigenvalue weighted by molar-refractivity contribution is 7.17. The normalized spacial score (nSPS) is 16.2. The lowest BCUT2D eigenvalue weighted by Crippen LogP contribution is -2.49. The van der Waals surface area contributed by atoms with Crippen molar-refractivity contribution >= 4 is 33.2 Å². The van der Waals surface area contributed by atoms with Crippen LogP contribution >= 0.6 is 11.3 Å². The second-order valence-corrected chi connectivity index (χ2v) is 7.46. The molecule has 1 aromatic carbocycles. The van der Waals surface area contributed by atoms with Gasteiger partial charge in [-0.1, -0.05) is 25.1 Å². The molecule has 3 rings (SSSR count). The van der Waals surface area contributed by atoms with Crippen LogP contribution in [0.25, 0.3) is 10.1 Å². The van der Waals surface area contributed by atoms with Crippen LogP contribution in [0.3, 0.4) is 0 Å². The van der Waals surface area contributed by atoms with Crippen LogP contribution < -0.4 is 5.32 Å². The zero-order chi connectivity index (χ0) is 17.3. The molecule has 0 radical (unpaired) electrons. The van der Waals surface area contributed by atoms with Gasteiger partial charge in [-0.05, 0) is 35.2 Å². The molecule has 1 saturated carbocycles. The molecule has 5 nitrogen and oxygen atoms in total. The maximum Gasteiger partial charge on any atom is 0.258 e. The average molecular weight is 341 g/mol. The maximum absolute atomic E-state index is 12.5. The maximum atomic E-state index is 12.5. The molecule has 1 aromatic heterocycles. The van der Waals surface area contributed by atoms with Crippen molar-refractivity contribution in [3.05, 3.63) is 35.2 Å². The second kappa shape index (κ2) is 6.25. The average Bonchev–Trinajstić information content (AvgIpc) is 3.22. The van der Waals surface area contributed by atoms with Gasteiger partial charge >= 0.3 is 0 Å². The van der Waals surface area contributed by atoms with Crippen LogP contribution in [0.4, 0.5) is 0 Å². The predicted molar refractivity (Wildman–Crippen MR) is 93.2 cm³/mol. The number of hydrogen-bond acceptors (Lipinski definition) is 4. The molecule has 1 unspecified atom stereocenters.